The molecule has 27 heavy (non-hydrogen) atoms. The Labute approximate surface area is 169 Å². The lowest BCUT2D eigenvalue weighted by molar-refractivity contribution is -0.116. The highest BCUT2D eigenvalue weighted by Crippen LogP contribution is 2.27. The van der Waals surface area contributed by atoms with Gasteiger partial charge in [-0.05, 0) is 49.1 Å². The van der Waals surface area contributed by atoms with E-state index in [1.165, 1.54) is 10.4 Å². The molecule has 0 bridgehead atoms. The quantitative estimate of drug-likeness (QED) is 0.746. The summed E-state index contributed by atoms with van der Waals surface area (Å²) in [6, 6.07) is 11.7. The van der Waals surface area contributed by atoms with Gasteiger partial charge in [0, 0.05) is 25.2 Å². The molecule has 3 rings (SSSR count). The molecule has 1 amide bonds. The van der Waals surface area contributed by atoms with E-state index in [0.717, 1.165) is 18.4 Å². The van der Waals surface area contributed by atoms with E-state index < -0.39 is 10.0 Å². The van der Waals surface area contributed by atoms with Crippen molar-refractivity contribution in [2.75, 3.05) is 18.4 Å². The normalized spacial score (nSPS) is 15.0. The molecular weight excluding hydrogens is 407 g/mol. The number of anilines is 1. The van der Waals surface area contributed by atoms with Crippen LogP contribution >= 0.6 is 23.2 Å². The first kappa shape index (κ1) is 20.1. The monoisotopic (exact) mass is 426 g/mol. The number of halogens is 2. The Morgan fingerprint density at radius 2 is 1.78 bits per heavy atom. The van der Waals surface area contributed by atoms with Crippen LogP contribution in [0.1, 0.15) is 24.8 Å². The third kappa shape index (κ3) is 4.82. The zero-order chi connectivity index (χ0) is 19.4. The first-order valence-electron chi connectivity index (χ1n) is 8.71. The second-order valence-electron chi connectivity index (χ2n) is 6.40. The van der Waals surface area contributed by atoms with Gasteiger partial charge in [-0.3, -0.25) is 4.79 Å². The van der Waals surface area contributed by atoms with Crippen molar-refractivity contribution in [2.45, 2.75) is 30.6 Å². The molecule has 1 heterocycles. The Balaban J connectivity index is 1.65. The molecule has 2 aromatic rings. The van der Waals surface area contributed by atoms with Crippen LogP contribution in [0.3, 0.4) is 0 Å². The minimum Gasteiger partial charge on any atom is -0.326 e. The molecule has 144 valence electrons. The van der Waals surface area contributed by atoms with Gasteiger partial charge < -0.3 is 5.32 Å². The van der Waals surface area contributed by atoms with E-state index in [9.17, 15) is 13.2 Å². The van der Waals surface area contributed by atoms with Crippen LogP contribution < -0.4 is 5.32 Å². The van der Waals surface area contributed by atoms with Gasteiger partial charge in [0.15, 0.2) is 0 Å². The number of nitrogens with one attached hydrogen (secondary N) is 1. The fourth-order valence-electron chi connectivity index (χ4n) is 3.03. The molecule has 0 unspecified atom stereocenters. The Morgan fingerprint density at radius 1 is 1.07 bits per heavy atom. The molecule has 1 saturated heterocycles. The summed E-state index contributed by atoms with van der Waals surface area (Å²) < 4.78 is 26.8. The van der Waals surface area contributed by atoms with E-state index in [-0.39, 0.29) is 17.2 Å². The summed E-state index contributed by atoms with van der Waals surface area (Å²) in [6.07, 6.45) is 2.41. The lowest BCUT2D eigenvalue weighted by atomic mass is 10.1. The van der Waals surface area contributed by atoms with Gasteiger partial charge in [-0.25, -0.2) is 8.42 Å². The van der Waals surface area contributed by atoms with Crippen molar-refractivity contribution in [3.8, 4) is 0 Å². The Hall–Kier alpha value is -1.60. The number of carbonyl (C=O) groups is 1. The molecule has 0 atom stereocenters. The molecule has 0 aromatic heterocycles. The Kier molecular flexibility index (Phi) is 6.42. The molecule has 0 spiro atoms. The summed E-state index contributed by atoms with van der Waals surface area (Å²) in [6.45, 7) is 1.08. The van der Waals surface area contributed by atoms with E-state index in [1.807, 2.05) is 6.07 Å². The van der Waals surface area contributed by atoms with E-state index >= 15 is 0 Å². The third-order valence-electron chi connectivity index (χ3n) is 4.47. The highest BCUT2D eigenvalue weighted by Gasteiger charge is 2.27. The summed E-state index contributed by atoms with van der Waals surface area (Å²) in [5, 5.41) is 3.65. The Bertz CT molecular complexity index is 942. The topological polar surface area (TPSA) is 66.5 Å². The maximum Gasteiger partial charge on any atom is 0.243 e. The average Bonchev–Trinajstić information content (AvgIpc) is 3.19. The molecule has 5 nitrogen and oxygen atoms in total. The van der Waals surface area contributed by atoms with E-state index in [0.29, 0.717) is 35.2 Å². The van der Waals surface area contributed by atoms with Crippen LogP contribution in [0, 0.1) is 0 Å². The predicted molar refractivity (Wildman–Crippen MR) is 108 cm³/mol. The number of rotatable bonds is 6. The van der Waals surface area contributed by atoms with Crippen LogP contribution in [0.15, 0.2) is 47.4 Å². The molecule has 1 aliphatic rings. The van der Waals surface area contributed by atoms with Gasteiger partial charge in [-0.1, -0.05) is 41.4 Å². The van der Waals surface area contributed by atoms with E-state index in [4.69, 9.17) is 23.2 Å². The van der Waals surface area contributed by atoms with Gasteiger partial charge in [0.1, 0.15) is 0 Å². The number of amides is 1. The van der Waals surface area contributed by atoms with E-state index in [2.05, 4.69) is 5.32 Å². The zero-order valence-electron chi connectivity index (χ0n) is 14.6. The molecule has 2 aromatic carbocycles. The summed E-state index contributed by atoms with van der Waals surface area (Å²) in [5.41, 5.74) is 1.25. The smallest absolute Gasteiger partial charge is 0.243 e. The molecule has 0 radical (unpaired) electrons. The second-order valence-corrected chi connectivity index (χ2v) is 9.12. The fraction of sp³-hybridized carbons (Fsp3) is 0.316. The molecule has 1 N–H and O–H groups in total. The standard InChI is InChI=1S/C19H20Cl2N2O3S/c20-17-8-3-5-14(19(17)21)9-10-18(24)22-15-6-4-7-16(13-15)27(25,26)23-11-1-2-12-23/h3-8,13H,1-2,9-12H2,(H,22,24). The predicted octanol–water partition coefficient (Wildman–Crippen LogP) is 4.35. The van der Waals surface area contributed by atoms with Crippen molar-refractivity contribution in [2.24, 2.45) is 0 Å². The SMILES string of the molecule is O=C(CCc1cccc(Cl)c1Cl)Nc1cccc(S(=O)(=O)N2CCCC2)c1. The van der Waals surface area contributed by atoms with Crippen molar-refractivity contribution in [1.82, 2.24) is 4.31 Å². The number of hydrogen-bond donors (Lipinski definition) is 1. The summed E-state index contributed by atoms with van der Waals surface area (Å²) in [7, 11) is -3.51. The largest absolute Gasteiger partial charge is 0.326 e. The van der Waals surface area contributed by atoms with Crippen molar-refractivity contribution >= 4 is 44.8 Å². The van der Waals surface area contributed by atoms with Gasteiger partial charge in [0.25, 0.3) is 0 Å². The minimum atomic E-state index is -3.51. The average molecular weight is 427 g/mol. The van der Waals surface area contributed by atoms with Gasteiger partial charge in [-0.2, -0.15) is 4.31 Å². The molecule has 0 aliphatic carbocycles. The molecule has 8 heteroatoms. The summed E-state index contributed by atoms with van der Waals surface area (Å²) >= 11 is 12.1. The molecule has 1 fully saturated rings. The van der Waals surface area contributed by atoms with Crippen molar-refractivity contribution in [3.63, 3.8) is 0 Å². The van der Waals surface area contributed by atoms with Crippen LogP contribution in [0.4, 0.5) is 5.69 Å². The van der Waals surface area contributed by atoms with Gasteiger partial charge in [-0.15, -0.1) is 0 Å². The highest BCUT2D eigenvalue weighted by molar-refractivity contribution is 7.89. The van der Waals surface area contributed by atoms with Crippen molar-refractivity contribution in [3.05, 3.63) is 58.1 Å². The zero-order valence-corrected chi connectivity index (χ0v) is 16.9. The summed E-state index contributed by atoms with van der Waals surface area (Å²) in [4.78, 5) is 12.4. The summed E-state index contributed by atoms with van der Waals surface area (Å²) in [5.74, 6) is -0.221. The number of benzene rings is 2. The highest BCUT2D eigenvalue weighted by atomic mass is 35.5. The second kappa shape index (κ2) is 8.61. The number of carbonyl (C=O) groups excluding carboxylic acids is 1. The fourth-order valence-corrected chi connectivity index (χ4v) is 5.00. The first-order valence-corrected chi connectivity index (χ1v) is 10.9. The van der Waals surface area contributed by atoms with Crippen LogP contribution in [-0.2, 0) is 21.2 Å². The van der Waals surface area contributed by atoms with Gasteiger partial charge in [0.05, 0.1) is 14.9 Å². The maximum absolute atomic E-state index is 12.6. The van der Waals surface area contributed by atoms with Gasteiger partial charge in [0.2, 0.25) is 15.9 Å². The maximum atomic E-state index is 12.6. The minimum absolute atomic E-state index is 0.195. The third-order valence-corrected chi connectivity index (χ3v) is 7.23. The van der Waals surface area contributed by atoms with Crippen LogP contribution in [0.5, 0.6) is 0 Å². The number of hydrogen-bond acceptors (Lipinski definition) is 3. The van der Waals surface area contributed by atoms with Crippen molar-refractivity contribution in [1.29, 1.82) is 0 Å². The van der Waals surface area contributed by atoms with Crippen LogP contribution in [-0.4, -0.2) is 31.7 Å². The number of aryl methyl sites for hydroxylation is 1. The lowest BCUT2D eigenvalue weighted by Crippen LogP contribution is -2.27. The molecule has 0 saturated carbocycles. The van der Waals surface area contributed by atoms with E-state index in [1.54, 1.807) is 30.3 Å². The van der Waals surface area contributed by atoms with Gasteiger partial charge >= 0.3 is 0 Å². The number of nitrogens with zero attached hydrogens (tertiary/aromatic N) is 1. The lowest BCUT2D eigenvalue weighted by Gasteiger charge is -2.16. The van der Waals surface area contributed by atoms with Crippen LogP contribution in [0.25, 0.3) is 0 Å². The molecular formula is C19H20Cl2N2O3S. The van der Waals surface area contributed by atoms with Crippen molar-refractivity contribution < 1.29 is 13.2 Å². The molecule has 1 aliphatic heterocycles. The first-order chi connectivity index (χ1) is 12.9. The Morgan fingerprint density at radius 3 is 2.52 bits per heavy atom. The van der Waals surface area contributed by atoms with Crippen LogP contribution in [0.2, 0.25) is 10.0 Å². The number of sulfonamides is 1.